The molecule has 0 aromatic heterocycles. The van der Waals surface area contributed by atoms with E-state index in [4.69, 9.17) is 6.15 Å². The Labute approximate surface area is 82.1 Å². The van der Waals surface area contributed by atoms with Gasteiger partial charge in [-0.3, -0.25) is 0 Å². The normalized spacial score (nSPS) is 23.0. The highest BCUT2D eigenvalue weighted by Crippen LogP contribution is 2.17. The van der Waals surface area contributed by atoms with Gasteiger partial charge in [0.1, 0.15) is 13.0 Å². The van der Waals surface area contributed by atoms with Gasteiger partial charge in [0.15, 0.2) is 0 Å². The molecule has 1 aliphatic heterocycles. The number of rotatable bonds is 4. The second kappa shape index (κ2) is 3.63. The van der Waals surface area contributed by atoms with Gasteiger partial charge in [0.25, 0.3) is 0 Å². The van der Waals surface area contributed by atoms with Gasteiger partial charge in [-0.25, -0.2) is 8.78 Å². The molecule has 2 atom stereocenters. The monoisotopic (exact) mass is 201 g/mol. The minimum Gasteiger partial charge on any atom is -0.371 e. The maximum Gasteiger partial charge on any atom is 0.126 e. The van der Waals surface area contributed by atoms with Crippen molar-refractivity contribution < 1.29 is 14.9 Å². The average Bonchev–Trinajstić information content (AvgIpc) is 2.95. The van der Waals surface area contributed by atoms with Gasteiger partial charge in [0.05, 0.1) is 12.7 Å². The van der Waals surface area contributed by atoms with Crippen molar-refractivity contribution >= 4 is 0 Å². The van der Waals surface area contributed by atoms with Crippen LogP contribution in [0.3, 0.4) is 0 Å². The fourth-order valence-electron chi connectivity index (χ4n) is 1.40. The second-order valence-corrected chi connectivity index (χ2v) is 3.46. The molecule has 1 aromatic carbocycles. The SMILES string of the molecule is [3H]NC(Cc1cc(F)cc(F)c1)C1CO1. The molecule has 1 heterocycles. The largest absolute Gasteiger partial charge is 0.371 e. The van der Waals surface area contributed by atoms with Crippen LogP contribution in [0.25, 0.3) is 0 Å². The van der Waals surface area contributed by atoms with Gasteiger partial charge in [0.2, 0.25) is 0 Å². The van der Waals surface area contributed by atoms with Crippen molar-refractivity contribution in [2.75, 3.05) is 6.61 Å². The molecule has 1 saturated heterocycles. The van der Waals surface area contributed by atoms with E-state index in [1.165, 1.54) is 12.1 Å². The topological polar surface area (TPSA) is 38.5 Å². The van der Waals surface area contributed by atoms with Crippen LogP contribution >= 0.6 is 0 Å². The summed E-state index contributed by atoms with van der Waals surface area (Å²) in [5.74, 6) is -1.18. The molecule has 76 valence electrons. The summed E-state index contributed by atoms with van der Waals surface area (Å²) in [5.41, 5.74) is 2.87. The summed E-state index contributed by atoms with van der Waals surface area (Å²) in [5, 5.41) is 0. The Morgan fingerprint density at radius 2 is 2.14 bits per heavy atom. The number of benzene rings is 1. The molecule has 1 aromatic rings. The molecule has 1 fully saturated rings. The Hall–Kier alpha value is -1.00. The summed E-state index contributed by atoms with van der Waals surface area (Å²) >= 11 is 0. The van der Waals surface area contributed by atoms with E-state index in [1.54, 1.807) is 0 Å². The van der Waals surface area contributed by atoms with E-state index in [0.29, 0.717) is 18.6 Å². The fourth-order valence-corrected chi connectivity index (χ4v) is 1.40. The molecule has 4 heteroatoms. The Balaban J connectivity index is 2.08. The van der Waals surface area contributed by atoms with Crippen LogP contribution < -0.4 is 5.73 Å². The molecule has 0 aliphatic carbocycles. The lowest BCUT2D eigenvalue weighted by Crippen LogP contribution is -2.29. The zero-order valence-electron chi connectivity index (χ0n) is 8.47. The van der Waals surface area contributed by atoms with Crippen molar-refractivity contribution in [1.29, 1.82) is 0 Å². The molecule has 0 amide bonds. The van der Waals surface area contributed by atoms with E-state index in [9.17, 15) is 8.78 Å². The zero-order chi connectivity index (χ0) is 10.8. The fraction of sp³-hybridized carbons (Fsp3) is 0.400. The molecule has 0 radical (unpaired) electrons. The summed E-state index contributed by atoms with van der Waals surface area (Å²) in [6, 6.07) is 3.18. The van der Waals surface area contributed by atoms with Crippen molar-refractivity contribution in [1.82, 2.24) is 0 Å². The van der Waals surface area contributed by atoms with E-state index >= 15 is 0 Å². The summed E-state index contributed by atoms with van der Waals surface area (Å²) in [6.45, 7) is 0.606. The van der Waals surface area contributed by atoms with Gasteiger partial charge in [-0.15, -0.1) is 0 Å². The average molecular weight is 201 g/mol. The second-order valence-electron chi connectivity index (χ2n) is 3.46. The molecule has 0 spiro atoms. The molecule has 0 saturated carbocycles. The summed E-state index contributed by atoms with van der Waals surface area (Å²) in [6.07, 6.45) is 0.386. The van der Waals surface area contributed by atoms with Gasteiger partial charge in [-0.05, 0) is 24.1 Å². The summed E-state index contributed by atoms with van der Waals surface area (Å²) < 4.78 is 37.8. The van der Waals surface area contributed by atoms with Crippen LogP contribution in [0.4, 0.5) is 8.78 Å². The molecule has 1 aliphatic rings. The molecule has 2 rings (SSSR count). The smallest absolute Gasteiger partial charge is 0.126 e. The third kappa shape index (κ3) is 2.27. The first-order valence-electron chi connectivity index (χ1n) is 4.93. The van der Waals surface area contributed by atoms with Crippen molar-refractivity contribution in [3.63, 3.8) is 0 Å². The third-order valence-electron chi connectivity index (χ3n) is 2.19. The Morgan fingerprint density at radius 3 is 2.64 bits per heavy atom. The van der Waals surface area contributed by atoms with Gasteiger partial charge in [-0.1, -0.05) is 0 Å². The number of ether oxygens (including phenoxy) is 1. The zero-order valence-corrected chi connectivity index (χ0v) is 7.47. The van der Waals surface area contributed by atoms with Crippen LogP contribution in [0.15, 0.2) is 18.2 Å². The Kier molecular flexibility index (Phi) is 2.16. The number of nitrogens with two attached hydrogens (primary N) is 1. The number of hydrogen-bond donors (Lipinski definition) is 1. The molecular formula is C10H11F2NO. The summed E-state index contributed by atoms with van der Waals surface area (Å²) in [4.78, 5) is 0. The van der Waals surface area contributed by atoms with E-state index in [-0.39, 0.29) is 12.1 Å². The minimum absolute atomic E-state index is 0.00571. The van der Waals surface area contributed by atoms with E-state index in [0.717, 1.165) is 6.07 Å². The van der Waals surface area contributed by atoms with Gasteiger partial charge < -0.3 is 10.5 Å². The molecule has 2 N–H and O–H groups in total. The maximum atomic E-state index is 12.9. The molecule has 0 bridgehead atoms. The van der Waals surface area contributed by atoms with Crippen molar-refractivity contribution in [2.24, 2.45) is 5.73 Å². The maximum absolute atomic E-state index is 12.9. The van der Waals surface area contributed by atoms with Crippen molar-refractivity contribution in [3.05, 3.63) is 35.4 Å². The highest BCUT2D eigenvalue weighted by molar-refractivity contribution is 5.19. The van der Waals surface area contributed by atoms with Gasteiger partial charge in [-0.2, -0.15) is 0 Å². The third-order valence-corrected chi connectivity index (χ3v) is 2.19. The first-order valence-corrected chi connectivity index (χ1v) is 4.43. The van der Waals surface area contributed by atoms with E-state index < -0.39 is 11.6 Å². The molecule has 14 heavy (non-hydrogen) atoms. The highest BCUT2D eigenvalue weighted by Gasteiger charge is 2.29. The predicted octanol–water partition coefficient (Wildman–Crippen LogP) is 1.23. The first-order chi connectivity index (χ1) is 7.19. The lowest BCUT2D eigenvalue weighted by atomic mass is 10.0. The molecule has 2 unspecified atom stereocenters. The van der Waals surface area contributed by atoms with Gasteiger partial charge >= 0.3 is 0 Å². The Bertz CT molecular complexity index is 337. The van der Waals surface area contributed by atoms with Crippen molar-refractivity contribution in [2.45, 2.75) is 18.6 Å². The van der Waals surface area contributed by atoms with Crippen LogP contribution in [0.2, 0.25) is 1.41 Å². The molecule has 2 nitrogen and oxygen atoms in total. The lowest BCUT2D eigenvalue weighted by molar-refractivity contribution is 0.371. The highest BCUT2D eigenvalue weighted by atomic mass is 19.1. The summed E-state index contributed by atoms with van der Waals surface area (Å²) in [7, 11) is 0. The van der Waals surface area contributed by atoms with E-state index in [2.05, 4.69) is 5.73 Å². The van der Waals surface area contributed by atoms with Crippen LogP contribution in [0.1, 0.15) is 5.56 Å². The lowest BCUT2D eigenvalue weighted by Gasteiger charge is -2.08. The predicted molar refractivity (Wildman–Crippen MR) is 47.8 cm³/mol. The number of hydrogen-bond acceptors (Lipinski definition) is 2. The number of halogens is 2. The van der Waals surface area contributed by atoms with Crippen LogP contribution in [0.5, 0.6) is 0 Å². The standard InChI is InChI=1S/C10H11F2NO/c11-7-1-6(2-8(12)4-7)3-9(13)10-5-14-10/h1-2,4,9-10H,3,5,13H2/i/hT. The quantitative estimate of drug-likeness (QED) is 0.744. The Morgan fingerprint density at radius 1 is 1.50 bits per heavy atom. The molecular weight excluding hydrogens is 188 g/mol. The first kappa shape index (κ1) is 8.32. The van der Waals surface area contributed by atoms with Crippen LogP contribution in [-0.2, 0) is 11.2 Å². The number of epoxide rings is 1. The van der Waals surface area contributed by atoms with Gasteiger partial charge in [0, 0.05) is 12.1 Å². The minimum atomic E-state index is -0.592. The van der Waals surface area contributed by atoms with E-state index in [1.807, 2.05) is 0 Å². The van der Waals surface area contributed by atoms with Crippen LogP contribution in [-0.4, -0.2) is 18.8 Å². The van der Waals surface area contributed by atoms with Crippen molar-refractivity contribution in [3.8, 4) is 0 Å². The van der Waals surface area contributed by atoms with Crippen LogP contribution in [0, 0.1) is 11.6 Å².